The van der Waals surface area contributed by atoms with Gasteiger partial charge in [-0.3, -0.25) is 0 Å². The van der Waals surface area contributed by atoms with E-state index >= 15 is 0 Å². The van der Waals surface area contributed by atoms with E-state index in [4.69, 9.17) is 4.74 Å². The van der Waals surface area contributed by atoms with Gasteiger partial charge in [0.2, 0.25) is 0 Å². The van der Waals surface area contributed by atoms with Crippen LogP contribution in [0.5, 0.6) is 5.75 Å². The van der Waals surface area contributed by atoms with Crippen molar-refractivity contribution < 1.29 is 9.84 Å². The zero-order valence-electron chi connectivity index (χ0n) is 15.1. The molecule has 1 saturated carbocycles. The number of hydrogen-bond acceptors (Lipinski definition) is 4. The molecule has 0 aromatic heterocycles. The Morgan fingerprint density at radius 3 is 2.38 bits per heavy atom. The molecule has 1 unspecified atom stereocenters. The summed E-state index contributed by atoms with van der Waals surface area (Å²) in [6.45, 7) is 8.36. The van der Waals surface area contributed by atoms with Crippen LogP contribution in [0, 0.1) is 5.92 Å². The number of piperidine rings is 1. The monoisotopic (exact) mass is 332 g/mol. The van der Waals surface area contributed by atoms with E-state index in [9.17, 15) is 5.11 Å². The van der Waals surface area contributed by atoms with Crippen molar-refractivity contribution in [3.05, 3.63) is 29.8 Å². The number of likely N-dealkylation sites (tertiary alicyclic amines) is 1. The standard InChI is InChI=1S/C20H32N2O2/c1-15(2)24-19-7-5-17(6-8-19)20(23)13-21-18-9-11-22(12-10-18)14-16-3-4-16/h5-8,15-16,18,20-21,23H,3-4,9-14H2,1-2H3. The molecule has 0 amide bonds. The molecule has 1 saturated heterocycles. The molecule has 0 bridgehead atoms. The number of aliphatic hydroxyl groups excluding tert-OH is 1. The average Bonchev–Trinajstić information content (AvgIpc) is 3.38. The molecule has 2 fully saturated rings. The first-order valence-electron chi connectivity index (χ1n) is 9.50. The molecule has 1 atom stereocenters. The van der Waals surface area contributed by atoms with E-state index in [0.717, 1.165) is 17.2 Å². The highest BCUT2D eigenvalue weighted by Crippen LogP contribution is 2.30. The van der Waals surface area contributed by atoms with Gasteiger partial charge in [0.1, 0.15) is 5.75 Å². The van der Waals surface area contributed by atoms with Crippen LogP contribution in [0.4, 0.5) is 0 Å². The van der Waals surface area contributed by atoms with Gasteiger partial charge in [0, 0.05) is 19.1 Å². The van der Waals surface area contributed by atoms with Crippen LogP contribution < -0.4 is 10.1 Å². The van der Waals surface area contributed by atoms with Gasteiger partial charge >= 0.3 is 0 Å². The molecule has 1 heterocycles. The summed E-state index contributed by atoms with van der Waals surface area (Å²) in [5.74, 6) is 1.84. The van der Waals surface area contributed by atoms with Crippen LogP contribution >= 0.6 is 0 Å². The Balaban J connectivity index is 1.38. The topological polar surface area (TPSA) is 44.7 Å². The molecule has 1 aromatic carbocycles. The molecular weight excluding hydrogens is 300 g/mol. The molecule has 2 aliphatic rings. The summed E-state index contributed by atoms with van der Waals surface area (Å²) >= 11 is 0. The molecule has 2 N–H and O–H groups in total. The molecule has 0 radical (unpaired) electrons. The second-order valence-electron chi connectivity index (χ2n) is 7.68. The van der Waals surface area contributed by atoms with Gasteiger partial charge in [0.15, 0.2) is 0 Å². The van der Waals surface area contributed by atoms with Crippen molar-refractivity contribution in [1.82, 2.24) is 10.2 Å². The molecule has 24 heavy (non-hydrogen) atoms. The molecule has 1 aliphatic carbocycles. The maximum absolute atomic E-state index is 10.4. The van der Waals surface area contributed by atoms with Crippen LogP contribution in [-0.4, -0.2) is 48.3 Å². The summed E-state index contributed by atoms with van der Waals surface area (Å²) in [5, 5.41) is 13.9. The number of nitrogens with one attached hydrogen (secondary N) is 1. The van der Waals surface area contributed by atoms with E-state index in [2.05, 4.69) is 10.2 Å². The predicted molar refractivity (Wildman–Crippen MR) is 97.4 cm³/mol. The van der Waals surface area contributed by atoms with Crippen molar-refractivity contribution in [2.24, 2.45) is 5.92 Å². The zero-order valence-corrected chi connectivity index (χ0v) is 15.1. The summed E-state index contributed by atoms with van der Waals surface area (Å²) in [7, 11) is 0. The highest BCUT2D eigenvalue weighted by atomic mass is 16.5. The minimum absolute atomic E-state index is 0.174. The number of ether oxygens (including phenoxy) is 1. The molecule has 134 valence electrons. The number of benzene rings is 1. The minimum Gasteiger partial charge on any atom is -0.491 e. The van der Waals surface area contributed by atoms with Crippen molar-refractivity contribution >= 4 is 0 Å². The highest BCUT2D eigenvalue weighted by molar-refractivity contribution is 5.28. The van der Waals surface area contributed by atoms with Crippen LogP contribution in [0.2, 0.25) is 0 Å². The van der Waals surface area contributed by atoms with E-state index in [1.807, 2.05) is 38.1 Å². The Kier molecular flexibility index (Phi) is 6.14. The SMILES string of the molecule is CC(C)Oc1ccc(C(O)CNC2CCN(CC3CC3)CC2)cc1. The van der Waals surface area contributed by atoms with E-state index in [1.165, 1.54) is 45.3 Å². The fourth-order valence-corrected chi connectivity index (χ4v) is 3.42. The van der Waals surface area contributed by atoms with Crippen LogP contribution in [-0.2, 0) is 0 Å². The summed E-state index contributed by atoms with van der Waals surface area (Å²) < 4.78 is 5.64. The molecule has 4 nitrogen and oxygen atoms in total. The van der Waals surface area contributed by atoms with E-state index in [0.29, 0.717) is 12.6 Å². The number of aliphatic hydroxyl groups is 1. The van der Waals surface area contributed by atoms with Crippen molar-refractivity contribution in [2.75, 3.05) is 26.2 Å². The van der Waals surface area contributed by atoms with Gasteiger partial charge in [-0.05, 0) is 76.2 Å². The van der Waals surface area contributed by atoms with E-state index in [1.54, 1.807) is 0 Å². The normalized spacial score (nSPS) is 21.2. The minimum atomic E-state index is -0.456. The Bertz CT molecular complexity index is 491. The molecule has 1 aliphatic heterocycles. The molecular formula is C20H32N2O2. The van der Waals surface area contributed by atoms with Crippen molar-refractivity contribution in [2.45, 2.75) is 57.8 Å². The third kappa shape index (κ3) is 5.47. The van der Waals surface area contributed by atoms with Gasteiger partial charge < -0.3 is 20.1 Å². The lowest BCUT2D eigenvalue weighted by Crippen LogP contribution is -2.44. The van der Waals surface area contributed by atoms with E-state index < -0.39 is 6.10 Å². The van der Waals surface area contributed by atoms with Gasteiger partial charge in [0.25, 0.3) is 0 Å². The van der Waals surface area contributed by atoms with Crippen LogP contribution in [0.1, 0.15) is 51.2 Å². The second kappa shape index (κ2) is 8.32. The first-order valence-corrected chi connectivity index (χ1v) is 9.50. The Hall–Kier alpha value is -1.10. The van der Waals surface area contributed by atoms with Crippen LogP contribution in [0.15, 0.2) is 24.3 Å². The predicted octanol–water partition coefficient (Wildman–Crippen LogP) is 2.97. The second-order valence-corrected chi connectivity index (χ2v) is 7.68. The Labute approximate surface area is 146 Å². The average molecular weight is 332 g/mol. The number of rotatable bonds is 8. The van der Waals surface area contributed by atoms with Gasteiger partial charge in [-0.1, -0.05) is 12.1 Å². The summed E-state index contributed by atoms with van der Waals surface area (Å²) in [5.41, 5.74) is 0.949. The third-order valence-corrected chi connectivity index (χ3v) is 5.04. The van der Waals surface area contributed by atoms with Crippen LogP contribution in [0.25, 0.3) is 0 Å². The van der Waals surface area contributed by atoms with Gasteiger partial charge in [-0.25, -0.2) is 0 Å². The first kappa shape index (κ1) is 17.7. The van der Waals surface area contributed by atoms with Crippen molar-refractivity contribution in [3.63, 3.8) is 0 Å². The Morgan fingerprint density at radius 1 is 1.12 bits per heavy atom. The van der Waals surface area contributed by atoms with E-state index in [-0.39, 0.29) is 6.10 Å². The fraction of sp³-hybridized carbons (Fsp3) is 0.700. The highest BCUT2D eigenvalue weighted by Gasteiger charge is 2.27. The van der Waals surface area contributed by atoms with Gasteiger partial charge in [0.05, 0.1) is 12.2 Å². The summed E-state index contributed by atoms with van der Waals surface area (Å²) in [4.78, 5) is 2.61. The third-order valence-electron chi connectivity index (χ3n) is 5.04. The molecule has 0 spiro atoms. The molecule has 3 rings (SSSR count). The maximum atomic E-state index is 10.4. The molecule has 1 aromatic rings. The summed E-state index contributed by atoms with van der Waals surface area (Å²) in [6, 6.07) is 8.34. The summed E-state index contributed by atoms with van der Waals surface area (Å²) in [6.07, 6.45) is 4.98. The van der Waals surface area contributed by atoms with Gasteiger partial charge in [-0.2, -0.15) is 0 Å². The lowest BCUT2D eigenvalue weighted by molar-refractivity contribution is 0.149. The molecule has 4 heteroatoms. The Morgan fingerprint density at radius 2 is 1.79 bits per heavy atom. The van der Waals surface area contributed by atoms with Crippen LogP contribution in [0.3, 0.4) is 0 Å². The number of hydrogen-bond donors (Lipinski definition) is 2. The quantitative estimate of drug-likeness (QED) is 0.768. The number of nitrogens with zero attached hydrogens (tertiary/aromatic N) is 1. The van der Waals surface area contributed by atoms with Crippen molar-refractivity contribution in [1.29, 1.82) is 0 Å². The lowest BCUT2D eigenvalue weighted by atomic mass is 10.0. The van der Waals surface area contributed by atoms with Gasteiger partial charge in [-0.15, -0.1) is 0 Å². The lowest BCUT2D eigenvalue weighted by Gasteiger charge is -2.33. The first-order chi connectivity index (χ1) is 11.6. The smallest absolute Gasteiger partial charge is 0.119 e. The maximum Gasteiger partial charge on any atom is 0.119 e. The zero-order chi connectivity index (χ0) is 16.9. The largest absolute Gasteiger partial charge is 0.491 e. The fourth-order valence-electron chi connectivity index (χ4n) is 3.42. The van der Waals surface area contributed by atoms with Crippen molar-refractivity contribution in [3.8, 4) is 5.75 Å².